The molecule has 2 N–H and O–H groups in total. The van der Waals surface area contributed by atoms with Gasteiger partial charge in [0.15, 0.2) is 0 Å². The molecule has 0 bridgehead atoms. The molecule has 0 aliphatic carbocycles. The second-order valence-electron chi connectivity index (χ2n) is 4.64. The number of nitrogens with two attached hydrogens (primary N) is 1. The molecular weight excluding hydrogens is 246 g/mol. The number of hydrogen-bond acceptors (Lipinski definition) is 5. The van der Waals surface area contributed by atoms with E-state index in [2.05, 4.69) is 11.8 Å². The van der Waals surface area contributed by atoms with E-state index in [1.807, 2.05) is 0 Å². The summed E-state index contributed by atoms with van der Waals surface area (Å²) in [5, 5.41) is 1.24. The first-order valence-electron chi connectivity index (χ1n) is 6.81. The summed E-state index contributed by atoms with van der Waals surface area (Å²) >= 11 is 1.79. The van der Waals surface area contributed by atoms with Crippen LogP contribution in [0.25, 0.3) is 0 Å². The molecule has 0 atom stereocenters. The van der Waals surface area contributed by atoms with Gasteiger partial charge in [0.1, 0.15) is 0 Å². The van der Waals surface area contributed by atoms with E-state index in [4.69, 9.17) is 15.5 Å². The standard InChI is InChI=1S/C13H23N3OS/c1-2-3-11-12(10-14)18-13(15-11)4-5-16-6-8-17-9-7-16/h2-10,14H2,1H3. The lowest BCUT2D eigenvalue weighted by molar-refractivity contribution is 0.0384. The molecule has 1 aliphatic heterocycles. The van der Waals surface area contributed by atoms with Gasteiger partial charge >= 0.3 is 0 Å². The number of aromatic nitrogens is 1. The lowest BCUT2D eigenvalue weighted by Gasteiger charge is -2.25. The fourth-order valence-electron chi connectivity index (χ4n) is 2.21. The molecule has 1 fully saturated rings. The number of thiazole rings is 1. The van der Waals surface area contributed by atoms with Gasteiger partial charge < -0.3 is 10.5 Å². The molecule has 102 valence electrons. The summed E-state index contributed by atoms with van der Waals surface area (Å²) in [6.45, 7) is 7.75. The first-order chi connectivity index (χ1) is 8.83. The Morgan fingerprint density at radius 1 is 1.33 bits per heavy atom. The Morgan fingerprint density at radius 3 is 2.78 bits per heavy atom. The van der Waals surface area contributed by atoms with E-state index >= 15 is 0 Å². The molecule has 2 heterocycles. The molecule has 0 radical (unpaired) electrons. The van der Waals surface area contributed by atoms with Crippen molar-refractivity contribution in [3.63, 3.8) is 0 Å². The van der Waals surface area contributed by atoms with Crippen molar-refractivity contribution in [1.29, 1.82) is 0 Å². The third-order valence-electron chi connectivity index (χ3n) is 3.24. The highest BCUT2D eigenvalue weighted by Gasteiger charge is 2.13. The predicted octanol–water partition coefficient (Wildman–Crippen LogP) is 1.43. The maximum Gasteiger partial charge on any atom is 0.0944 e. The summed E-state index contributed by atoms with van der Waals surface area (Å²) in [5.41, 5.74) is 7.00. The molecule has 0 spiro atoms. The Bertz CT molecular complexity index is 361. The van der Waals surface area contributed by atoms with Crippen LogP contribution in [0.3, 0.4) is 0 Å². The topological polar surface area (TPSA) is 51.4 Å². The summed E-state index contributed by atoms with van der Waals surface area (Å²) in [6.07, 6.45) is 3.24. The molecule has 0 amide bonds. The molecular formula is C13H23N3OS. The Morgan fingerprint density at radius 2 is 2.11 bits per heavy atom. The van der Waals surface area contributed by atoms with Gasteiger partial charge in [0.05, 0.1) is 23.9 Å². The summed E-state index contributed by atoms with van der Waals surface area (Å²) in [6, 6.07) is 0. The number of ether oxygens (including phenoxy) is 1. The van der Waals surface area contributed by atoms with Gasteiger partial charge in [0.2, 0.25) is 0 Å². The van der Waals surface area contributed by atoms with Crippen LogP contribution < -0.4 is 5.73 Å². The highest BCUT2D eigenvalue weighted by Crippen LogP contribution is 2.20. The van der Waals surface area contributed by atoms with Gasteiger partial charge in [-0.1, -0.05) is 13.3 Å². The van der Waals surface area contributed by atoms with E-state index < -0.39 is 0 Å². The smallest absolute Gasteiger partial charge is 0.0944 e. The SMILES string of the molecule is CCCc1nc(CCN2CCOCC2)sc1CN. The zero-order chi connectivity index (χ0) is 12.8. The van der Waals surface area contributed by atoms with Crippen molar-refractivity contribution in [2.75, 3.05) is 32.8 Å². The van der Waals surface area contributed by atoms with Crippen molar-refractivity contribution < 1.29 is 4.74 Å². The molecule has 1 aromatic heterocycles. The highest BCUT2D eigenvalue weighted by molar-refractivity contribution is 7.11. The van der Waals surface area contributed by atoms with Crippen molar-refractivity contribution in [1.82, 2.24) is 9.88 Å². The average molecular weight is 269 g/mol. The average Bonchev–Trinajstić information content (AvgIpc) is 2.80. The number of rotatable bonds is 6. The molecule has 0 aromatic carbocycles. The van der Waals surface area contributed by atoms with E-state index in [9.17, 15) is 0 Å². The minimum atomic E-state index is 0.630. The van der Waals surface area contributed by atoms with Crippen LogP contribution in [0.4, 0.5) is 0 Å². The van der Waals surface area contributed by atoms with E-state index in [1.54, 1.807) is 11.3 Å². The molecule has 4 nitrogen and oxygen atoms in total. The quantitative estimate of drug-likeness (QED) is 0.849. The second kappa shape index (κ2) is 7.19. The van der Waals surface area contributed by atoms with Gasteiger partial charge in [-0.2, -0.15) is 0 Å². The van der Waals surface area contributed by atoms with E-state index in [1.165, 1.54) is 15.6 Å². The van der Waals surface area contributed by atoms with Crippen LogP contribution in [0.5, 0.6) is 0 Å². The number of hydrogen-bond donors (Lipinski definition) is 1. The minimum Gasteiger partial charge on any atom is -0.379 e. The fraction of sp³-hybridized carbons (Fsp3) is 0.769. The Kier molecular flexibility index (Phi) is 5.56. The van der Waals surface area contributed by atoms with E-state index in [0.717, 1.165) is 52.1 Å². The van der Waals surface area contributed by atoms with Crippen LogP contribution in [0.15, 0.2) is 0 Å². The largest absolute Gasteiger partial charge is 0.379 e. The lowest BCUT2D eigenvalue weighted by atomic mass is 10.2. The minimum absolute atomic E-state index is 0.630. The lowest BCUT2D eigenvalue weighted by Crippen LogP contribution is -2.37. The molecule has 1 saturated heterocycles. The monoisotopic (exact) mass is 269 g/mol. The number of aryl methyl sites for hydroxylation is 1. The normalized spacial score (nSPS) is 17.2. The van der Waals surface area contributed by atoms with E-state index in [0.29, 0.717) is 6.54 Å². The molecule has 0 saturated carbocycles. The molecule has 1 aliphatic rings. The summed E-state index contributed by atoms with van der Waals surface area (Å²) in [7, 11) is 0. The molecule has 1 aromatic rings. The van der Waals surface area contributed by atoms with Crippen molar-refractivity contribution in [3.05, 3.63) is 15.6 Å². The maximum absolute atomic E-state index is 5.78. The Labute approximate surface area is 113 Å². The molecule has 5 heteroatoms. The number of morpholine rings is 1. The van der Waals surface area contributed by atoms with Crippen molar-refractivity contribution in [3.8, 4) is 0 Å². The first-order valence-corrected chi connectivity index (χ1v) is 7.62. The molecule has 0 unspecified atom stereocenters. The summed E-state index contributed by atoms with van der Waals surface area (Å²) < 4.78 is 5.35. The predicted molar refractivity (Wildman–Crippen MR) is 75.0 cm³/mol. The van der Waals surface area contributed by atoms with Gasteiger partial charge in [-0.15, -0.1) is 11.3 Å². The van der Waals surface area contributed by atoms with Crippen LogP contribution >= 0.6 is 11.3 Å². The maximum atomic E-state index is 5.78. The summed E-state index contributed by atoms with van der Waals surface area (Å²) in [5.74, 6) is 0. The van der Waals surface area contributed by atoms with Crippen LogP contribution in [-0.2, 0) is 24.1 Å². The van der Waals surface area contributed by atoms with Crippen LogP contribution in [0, 0.1) is 0 Å². The Hall–Kier alpha value is -0.490. The van der Waals surface area contributed by atoms with Crippen LogP contribution in [-0.4, -0.2) is 42.7 Å². The summed E-state index contributed by atoms with van der Waals surface area (Å²) in [4.78, 5) is 8.46. The van der Waals surface area contributed by atoms with Crippen LogP contribution in [0.2, 0.25) is 0 Å². The van der Waals surface area contributed by atoms with Gasteiger partial charge in [-0.3, -0.25) is 4.90 Å². The van der Waals surface area contributed by atoms with Gasteiger partial charge in [-0.25, -0.2) is 4.98 Å². The van der Waals surface area contributed by atoms with Gasteiger partial charge in [0.25, 0.3) is 0 Å². The van der Waals surface area contributed by atoms with Crippen molar-refractivity contribution in [2.24, 2.45) is 5.73 Å². The zero-order valence-corrected chi connectivity index (χ0v) is 12.0. The van der Waals surface area contributed by atoms with Crippen molar-refractivity contribution in [2.45, 2.75) is 32.7 Å². The fourth-order valence-corrected chi connectivity index (χ4v) is 3.20. The van der Waals surface area contributed by atoms with Crippen molar-refractivity contribution >= 4 is 11.3 Å². The molecule has 2 rings (SSSR count). The van der Waals surface area contributed by atoms with E-state index in [-0.39, 0.29) is 0 Å². The van der Waals surface area contributed by atoms with Gasteiger partial charge in [0, 0.05) is 37.5 Å². The van der Waals surface area contributed by atoms with Gasteiger partial charge in [-0.05, 0) is 6.42 Å². The third kappa shape index (κ3) is 3.75. The Balaban J connectivity index is 1.88. The zero-order valence-electron chi connectivity index (χ0n) is 11.2. The molecule has 18 heavy (non-hydrogen) atoms. The number of nitrogens with zero attached hydrogens (tertiary/aromatic N) is 2. The first kappa shape index (κ1) is 13.9. The highest BCUT2D eigenvalue weighted by atomic mass is 32.1. The van der Waals surface area contributed by atoms with Crippen LogP contribution in [0.1, 0.15) is 28.9 Å². The second-order valence-corrected chi connectivity index (χ2v) is 5.80. The third-order valence-corrected chi connectivity index (χ3v) is 4.42.